The first-order valence-corrected chi connectivity index (χ1v) is 10.7. The Bertz CT molecular complexity index is 1410. The zero-order valence-electron chi connectivity index (χ0n) is 17.6. The zero-order valence-corrected chi connectivity index (χ0v) is 17.6. The summed E-state index contributed by atoms with van der Waals surface area (Å²) in [5, 5.41) is 7.30. The van der Waals surface area contributed by atoms with Crippen molar-refractivity contribution in [1.82, 2.24) is 10.1 Å². The van der Waals surface area contributed by atoms with Gasteiger partial charge in [-0.3, -0.25) is 4.79 Å². The van der Waals surface area contributed by atoms with Gasteiger partial charge in [0.2, 0.25) is 11.7 Å². The number of carbonyl (C=O) groups excluding carboxylic acids is 1. The van der Waals surface area contributed by atoms with Crippen molar-refractivity contribution in [3.05, 3.63) is 126 Å². The van der Waals surface area contributed by atoms with E-state index in [0.29, 0.717) is 23.0 Å². The molecule has 33 heavy (non-hydrogen) atoms. The van der Waals surface area contributed by atoms with Crippen molar-refractivity contribution in [3.8, 4) is 22.8 Å². The molecule has 1 aliphatic rings. The Labute approximate surface area is 190 Å². The van der Waals surface area contributed by atoms with E-state index in [-0.39, 0.29) is 5.91 Å². The number of benzene rings is 4. The molecule has 0 saturated heterocycles. The summed E-state index contributed by atoms with van der Waals surface area (Å²) in [6, 6.07) is 35.2. The Hall–Kier alpha value is -4.51. The van der Waals surface area contributed by atoms with E-state index in [9.17, 15) is 4.79 Å². The van der Waals surface area contributed by atoms with E-state index in [1.54, 1.807) is 0 Å². The lowest BCUT2D eigenvalue weighted by molar-refractivity contribution is -0.118. The fourth-order valence-electron chi connectivity index (χ4n) is 4.66. The maximum Gasteiger partial charge on any atom is 0.260 e. The number of para-hydroxylation sites is 1. The molecule has 1 N–H and O–H groups in total. The van der Waals surface area contributed by atoms with Gasteiger partial charge in [-0.2, -0.15) is 4.98 Å². The van der Waals surface area contributed by atoms with Crippen LogP contribution in [0.5, 0.6) is 0 Å². The molecule has 0 radical (unpaired) electrons. The topological polar surface area (TPSA) is 68.0 Å². The third-order valence-electron chi connectivity index (χ3n) is 6.15. The second-order valence-electron chi connectivity index (χ2n) is 7.95. The first kappa shape index (κ1) is 19.2. The van der Waals surface area contributed by atoms with E-state index in [1.807, 2.05) is 109 Å². The molecule has 0 fully saturated rings. The van der Waals surface area contributed by atoms with Crippen molar-refractivity contribution in [3.63, 3.8) is 0 Å². The number of nitrogens with one attached hydrogen (secondary N) is 1. The van der Waals surface area contributed by atoms with E-state index < -0.39 is 5.41 Å². The second-order valence-corrected chi connectivity index (χ2v) is 7.95. The molecule has 1 aromatic heterocycles. The van der Waals surface area contributed by atoms with Crippen LogP contribution in [0.1, 0.15) is 16.7 Å². The number of hydrogen-bond donors (Lipinski definition) is 1. The fraction of sp³-hybridized carbons (Fsp3) is 0.0357. The number of anilines is 1. The maximum absolute atomic E-state index is 13.8. The highest BCUT2D eigenvalue weighted by molar-refractivity contribution is 6.13. The van der Waals surface area contributed by atoms with Gasteiger partial charge in [-0.1, -0.05) is 108 Å². The van der Waals surface area contributed by atoms with Crippen LogP contribution in [0.3, 0.4) is 0 Å². The minimum atomic E-state index is -0.976. The summed E-state index contributed by atoms with van der Waals surface area (Å²) in [6.07, 6.45) is 0. The molecule has 1 aliphatic heterocycles. The van der Waals surface area contributed by atoms with Gasteiger partial charge < -0.3 is 9.84 Å². The molecule has 1 amide bonds. The summed E-state index contributed by atoms with van der Waals surface area (Å²) in [7, 11) is 0. The maximum atomic E-state index is 13.8. The largest absolute Gasteiger partial charge is 0.334 e. The fourth-order valence-corrected chi connectivity index (χ4v) is 4.66. The summed E-state index contributed by atoms with van der Waals surface area (Å²) in [6.45, 7) is 0. The van der Waals surface area contributed by atoms with Crippen LogP contribution >= 0.6 is 0 Å². The van der Waals surface area contributed by atoms with Crippen molar-refractivity contribution in [2.45, 2.75) is 5.41 Å². The average Bonchev–Trinajstić information content (AvgIpc) is 3.48. The molecule has 2 heterocycles. The van der Waals surface area contributed by atoms with Gasteiger partial charge in [0.1, 0.15) is 5.41 Å². The van der Waals surface area contributed by atoms with Crippen molar-refractivity contribution in [1.29, 1.82) is 0 Å². The predicted octanol–water partition coefficient (Wildman–Crippen LogP) is 5.69. The van der Waals surface area contributed by atoms with Crippen LogP contribution < -0.4 is 5.32 Å². The quantitative estimate of drug-likeness (QED) is 0.398. The number of rotatable bonds is 4. The van der Waals surface area contributed by atoms with Gasteiger partial charge in [0.25, 0.3) is 5.89 Å². The molecule has 0 aliphatic carbocycles. The molecule has 5 nitrogen and oxygen atoms in total. The molecule has 0 bridgehead atoms. The smallest absolute Gasteiger partial charge is 0.260 e. The Balaban J connectivity index is 1.56. The summed E-state index contributed by atoms with van der Waals surface area (Å²) < 4.78 is 5.63. The number of aromatic nitrogens is 2. The minimum absolute atomic E-state index is 0.106. The number of hydrogen-bond acceptors (Lipinski definition) is 4. The number of amides is 1. The average molecular weight is 429 g/mol. The Morgan fingerprint density at radius 1 is 0.697 bits per heavy atom. The summed E-state index contributed by atoms with van der Waals surface area (Å²) in [5.74, 6) is 0.762. The van der Waals surface area contributed by atoms with Gasteiger partial charge in [-0.15, -0.1) is 0 Å². The normalized spacial score (nSPS) is 14.0. The lowest BCUT2D eigenvalue weighted by Gasteiger charge is -2.29. The van der Waals surface area contributed by atoms with Gasteiger partial charge in [-0.25, -0.2) is 0 Å². The SMILES string of the molecule is O=C1Nc2c(-c3nc(-c4ccccc4)no3)cccc2C1(c1ccccc1)c1ccccc1. The highest BCUT2D eigenvalue weighted by Gasteiger charge is 2.50. The van der Waals surface area contributed by atoms with Gasteiger partial charge in [0.15, 0.2) is 0 Å². The molecule has 0 atom stereocenters. The second kappa shape index (κ2) is 7.57. The van der Waals surface area contributed by atoms with E-state index in [2.05, 4.69) is 15.5 Å². The van der Waals surface area contributed by atoms with Gasteiger partial charge in [0.05, 0.1) is 11.3 Å². The van der Waals surface area contributed by atoms with E-state index in [0.717, 1.165) is 22.3 Å². The molecule has 6 rings (SSSR count). The molecule has 5 aromatic rings. The van der Waals surface area contributed by atoms with Crippen LogP contribution in [0.15, 0.2) is 114 Å². The standard InChI is InChI=1S/C28H19N3O2/c32-27-28(20-13-6-2-7-14-20,21-15-8-3-9-16-21)23-18-10-17-22(24(23)29-27)26-30-25(31-33-26)19-11-4-1-5-12-19/h1-18H,(H,29,32). The Morgan fingerprint density at radius 3 is 1.94 bits per heavy atom. The Kier molecular flexibility index (Phi) is 4.40. The summed E-state index contributed by atoms with van der Waals surface area (Å²) in [4.78, 5) is 18.4. The van der Waals surface area contributed by atoms with Gasteiger partial charge in [-0.05, 0) is 17.2 Å². The van der Waals surface area contributed by atoms with Crippen molar-refractivity contribution >= 4 is 11.6 Å². The first-order valence-electron chi connectivity index (χ1n) is 10.7. The summed E-state index contributed by atoms with van der Waals surface area (Å²) >= 11 is 0. The monoisotopic (exact) mass is 429 g/mol. The molecular weight excluding hydrogens is 410 g/mol. The lowest BCUT2D eigenvalue weighted by Crippen LogP contribution is -2.36. The van der Waals surface area contributed by atoms with Crippen LogP contribution in [0.2, 0.25) is 0 Å². The zero-order chi connectivity index (χ0) is 22.3. The molecular formula is C28H19N3O2. The van der Waals surface area contributed by atoms with Gasteiger partial charge >= 0.3 is 0 Å². The minimum Gasteiger partial charge on any atom is -0.334 e. The van der Waals surface area contributed by atoms with E-state index in [1.165, 1.54) is 0 Å². The first-order chi connectivity index (χ1) is 16.3. The van der Waals surface area contributed by atoms with E-state index >= 15 is 0 Å². The third-order valence-corrected chi connectivity index (χ3v) is 6.15. The van der Waals surface area contributed by atoms with Crippen LogP contribution in [0.4, 0.5) is 5.69 Å². The molecule has 5 heteroatoms. The van der Waals surface area contributed by atoms with Gasteiger partial charge in [0, 0.05) is 11.1 Å². The van der Waals surface area contributed by atoms with Crippen molar-refractivity contribution in [2.24, 2.45) is 0 Å². The van der Waals surface area contributed by atoms with Crippen LogP contribution in [-0.2, 0) is 10.2 Å². The van der Waals surface area contributed by atoms with Crippen molar-refractivity contribution in [2.75, 3.05) is 5.32 Å². The van der Waals surface area contributed by atoms with Crippen LogP contribution in [-0.4, -0.2) is 16.0 Å². The Morgan fingerprint density at radius 2 is 1.30 bits per heavy atom. The van der Waals surface area contributed by atoms with Crippen molar-refractivity contribution < 1.29 is 9.32 Å². The van der Waals surface area contributed by atoms with Crippen LogP contribution in [0.25, 0.3) is 22.8 Å². The molecule has 0 saturated carbocycles. The predicted molar refractivity (Wildman–Crippen MR) is 127 cm³/mol. The molecule has 0 spiro atoms. The van der Waals surface area contributed by atoms with Crippen LogP contribution in [0, 0.1) is 0 Å². The van der Waals surface area contributed by atoms with E-state index in [4.69, 9.17) is 4.52 Å². The highest BCUT2D eigenvalue weighted by Crippen LogP contribution is 2.50. The highest BCUT2D eigenvalue weighted by atomic mass is 16.5. The molecule has 158 valence electrons. The third kappa shape index (κ3) is 2.90. The number of nitrogens with zero attached hydrogens (tertiary/aromatic N) is 2. The lowest BCUT2D eigenvalue weighted by atomic mass is 9.70. The number of carbonyl (C=O) groups is 1. The molecule has 4 aromatic carbocycles. The molecule has 0 unspecified atom stereocenters. The summed E-state index contributed by atoms with van der Waals surface area (Å²) in [5.41, 5.74) is 3.95. The number of fused-ring (bicyclic) bond motifs is 1.